The predicted molar refractivity (Wildman–Crippen MR) is 90.6 cm³/mol. The lowest BCUT2D eigenvalue weighted by atomic mass is 10.0. The molecule has 1 aliphatic heterocycles. The Kier molecular flexibility index (Phi) is 4.64. The number of anilines is 1. The van der Waals surface area contributed by atoms with Gasteiger partial charge in [0.2, 0.25) is 5.91 Å². The maximum atomic E-state index is 12.7. The predicted octanol–water partition coefficient (Wildman–Crippen LogP) is 1.82. The van der Waals surface area contributed by atoms with E-state index in [2.05, 4.69) is 27.7 Å². The van der Waals surface area contributed by atoms with Crippen LogP contribution in [0.2, 0.25) is 0 Å². The molecule has 2 N–H and O–H groups in total. The SMILES string of the molecule is CCCC[C@@H]1C(=O)N(C)CCN1C(=O)Nc1cccc2n[nH]nc12. The number of likely N-dealkylation sites (N-methyl/N-ethyl adjacent to an activating group) is 1. The Labute approximate surface area is 140 Å². The summed E-state index contributed by atoms with van der Waals surface area (Å²) in [6.07, 6.45) is 2.58. The van der Waals surface area contributed by atoms with Crippen molar-refractivity contribution in [3.05, 3.63) is 18.2 Å². The van der Waals surface area contributed by atoms with Crippen LogP contribution in [0.25, 0.3) is 11.0 Å². The molecule has 1 aliphatic rings. The van der Waals surface area contributed by atoms with Gasteiger partial charge in [0.25, 0.3) is 0 Å². The van der Waals surface area contributed by atoms with E-state index in [1.54, 1.807) is 22.9 Å². The second-order valence-electron chi connectivity index (χ2n) is 6.04. The molecule has 3 rings (SSSR count). The number of urea groups is 1. The van der Waals surface area contributed by atoms with Gasteiger partial charge >= 0.3 is 6.03 Å². The Morgan fingerprint density at radius 2 is 2.21 bits per heavy atom. The second kappa shape index (κ2) is 6.86. The van der Waals surface area contributed by atoms with Crippen LogP contribution in [-0.2, 0) is 4.79 Å². The van der Waals surface area contributed by atoms with E-state index in [9.17, 15) is 9.59 Å². The molecule has 0 radical (unpaired) electrons. The number of aromatic amines is 1. The van der Waals surface area contributed by atoms with E-state index in [4.69, 9.17) is 0 Å². The summed E-state index contributed by atoms with van der Waals surface area (Å²) >= 11 is 0. The van der Waals surface area contributed by atoms with Gasteiger partial charge in [-0.05, 0) is 18.6 Å². The van der Waals surface area contributed by atoms with Gasteiger partial charge in [-0.2, -0.15) is 15.4 Å². The molecular formula is C16H22N6O2. The Bertz CT molecular complexity index is 743. The van der Waals surface area contributed by atoms with Crippen LogP contribution in [-0.4, -0.2) is 63.3 Å². The third-order valence-electron chi connectivity index (χ3n) is 4.39. The minimum Gasteiger partial charge on any atom is -0.342 e. The average Bonchev–Trinajstić information content (AvgIpc) is 3.06. The summed E-state index contributed by atoms with van der Waals surface area (Å²) in [4.78, 5) is 28.5. The highest BCUT2D eigenvalue weighted by Crippen LogP contribution is 2.21. The largest absolute Gasteiger partial charge is 0.342 e. The molecule has 0 spiro atoms. The number of para-hydroxylation sites is 1. The van der Waals surface area contributed by atoms with Gasteiger partial charge < -0.3 is 15.1 Å². The molecule has 1 atom stereocenters. The zero-order valence-corrected chi connectivity index (χ0v) is 14.0. The summed E-state index contributed by atoms with van der Waals surface area (Å²) in [7, 11) is 1.78. The molecule has 1 aromatic carbocycles. The molecule has 24 heavy (non-hydrogen) atoms. The first-order chi connectivity index (χ1) is 11.6. The van der Waals surface area contributed by atoms with Crippen LogP contribution in [0.3, 0.4) is 0 Å². The number of hydrogen-bond donors (Lipinski definition) is 2. The van der Waals surface area contributed by atoms with Gasteiger partial charge in [0, 0.05) is 20.1 Å². The van der Waals surface area contributed by atoms with Gasteiger partial charge in [-0.3, -0.25) is 4.79 Å². The topological polar surface area (TPSA) is 94.2 Å². The molecule has 3 amide bonds. The molecule has 2 heterocycles. The van der Waals surface area contributed by atoms with E-state index < -0.39 is 6.04 Å². The summed E-state index contributed by atoms with van der Waals surface area (Å²) < 4.78 is 0. The maximum absolute atomic E-state index is 12.7. The number of nitrogens with zero attached hydrogens (tertiary/aromatic N) is 4. The fourth-order valence-corrected chi connectivity index (χ4v) is 2.99. The summed E-state index contributed by atoms with van der Waals surface area (Å²) in [5.74, 6) is 0.00416. The first-order valence-corrected chi connectivity index (χ1v) is 8.24. The normalized spacial score (nSPS) is 18.2. The number of carbonyl (C=O) groups is 2. The van der Waals surface area contributed by atoms with E-state index in [1.807, 2.05) is 12.1 Å². The molecule has 0 unspecified atom stereocenters. The van der Waals surface area contributed by atoms with Crippen LogP contribution in [0.15, 0.2) is 18.2 Å². The first-order valence-electron chi connectivity index (χ1n) is 8.24. The number of amides is 3. The Balaban J connectivity index is 1.79. The van der Waals surface area contributed by atoms with Crippen molar-refractivity contribution in [2.24, 2.45) is 0 Å². The number of piperazine rings is 1. The van der Waals surface area contributed by atoms with Crippen molar-refractivity contribution in [1.29, 1.82) is 0 Å². The minimum absolute atomic E-state index is 0.00416. The van der Waals surface area contributed by atoms with Gasteiger partial charge in [0.1, 0.15) is 17.1 Å². The third-order valence-corrected chi connectivity index (χ3v) is 4.39. The molecular weight excluding hydrogens is 308 g/mol. The molecule has 2 aromatic rings. The number of benzene rings is 1. The summed E-state index contributed by atoms with van der Waals surface area (Å²) in [5, 5.41) is 13.5. The highest BCUT2D eigenvalue weighted by Gasteiger charge is 2.35. The number of H-pyrrole nitrogens is 1. The molecule has 0 bridgehead atoms. The zero-order valence-electron chi connectivity index (χ0n) is 14.0. The first kappa shape index (κ1) is 16.2. The molecule has 1 aromatic heterocycles. The van der Waals surface area contributed by atoms with Crippen LogP contribution >= 0.6 is 0 Å². The molecule has 1 saturated heterocycles. The molecule has 8 heteroatoms. The maximum Gasteiger partial charge on any atom is 0.322 e. The number of nitrogens with one attached hydrogen (secondary N) is 2. The molecule has 1 fully saturated rings. The average molecular weight is 330 g/mol. The van der Waals surface area contributed by atoms with Crippen molar-refractivity contribution in [3.63, 3.8) is 0 Å². The van der Waals surface area contributed by atoms with E-state index in [0.717, 1.165) is 12.8 Å². The van der Waals surface area contributed by atoms with E-state index in [0.29, 0.717) is 36.2 Å². The highest BCUT2D eigenvalue weighted by atomic mass is 16.2. The molecule has 0 saturated carbocycles. The standard InChI is InChI=1S/C16H22N6O2/c1-3-4-8-13-15(23)21(2)9-10-22(13)16(24)17-11-6-5-7-12-14(11)19-20-18-12/h5-7,13H,3-4,8-10H2,1-2H3,(H,17,24)(H,18,19,20)/t13-/m1/s1. The monoisotopic (exact) mass is 330 g/mol. The van der Waals surface area contributed by atoms with Crippen LogP contribution < -0.4 is 5.32 Å². The molecule has 128 valence electrons. The van der Waals surface area contributed by atoms with E-state index >= 15 is 0 Å². The fraction of sp³-hybridized carbons (Fsp3) is 0.500. The molecule has 8 nitrogen and oxygen atoms in total. The van der Waals surface area contributed by atoms with Crippen molar-refractivity contribution >= 4 is 28.7 Å². The van der Waals surface area contributed by atoms with Gasteiger partial charge in [-0.1, -0.05) is 25.8 Å². The smallest absolute Gasteiger partial charge is 0.322 e. The highest BCUT2D eigenvalue weighted by molar-refractivity contribution is 6.00. The van der Waals surface area contributed by atoms with Crippen molar-refractivity contribution in [2.75, 3.05) is 25.5 Å². The van der Waals surface area contributed by atoms with Crippen molar-refractivity contribution < 1.29 is 9.59 Å². The van der Waals surface area contributed by atoms with Crippen LogP contribution in [0, 0.1) is 0 Å². The lowest BCUT2D eigenvalue weighted by molar-refractivity contribution is -0.138. The van der Waals surface area contributed by atoms with Crippen LogP contribution in [0.1, 0.15) is 26.2 Å². The molecule has 0 aliphatic carbocycles. The zero-order chi connectivity index (χ0) is 17.1. The summed E-state index contributed by atoms with van der Waals surface area (Å²) in [5.41, 5.74) is 1.88. The number of rotatable bonds is 4. The Hall–Kier alpha value is -2.64. The van der Waals surface area contributed by atoms with Crippen molar-refractivity contribution in [3.8, 4) is 0 Å². The lowest BCUT2D eigenvalue weighted by Gasteiger charge is -2.39. The second-order valence-corrected chi connectivity index (χ2v) is 6.04. The number of fused-ring (bicyclic) bond motifs is 1. The Morgan fingerprint density at radius 1 is 1.38 bits per heavy atom. The van der Waals surface area contributed by atoms with Gasteiger partial charge in [-0.25, -0.2) is 4.79 Å². The Morgan fingerprint density at radius 3 is 3.00 bits per heavy atom. The van der Waals surface area contributed by atoms with E-state index in [-0.39, 0.29) is 11.9 Å². The lowest BCUT2D eigenvalue weighted by Crippen LogP contribution is -2.58. The number of aromatic nitrogens is 3. The van der Waals surface area contributed by atoms with Gasteiger partial charge in [-0.15, -0.1) is 0 Å². The number of unbranched alkanes of at least 4 members (excludes halogenated alkanes) is 1. The van der Waals surface area contributed by atoms with Gasteiger partial charge in [0.15, 0.2) is 0 Å². The van der Waals surface area contributed by atoms with Crippen LogP contribution in [0.4, 0.5) is 10.5 Å². The van der Waals surface area contributed by atoms with Gasteiger partial charge in [0.05, 0.1) is 5.69 Å². The quantitative estimate of drug-likeness (QED) is 0.894. The van der Waals surface area contributed by atoms with Crippen molar-refractivity contribution in [2.45, 2.75) is 32.2 Å². The summed E-state index contributed by atoms with van der Waals surface area (Å²) in [6.45, 7) is 3.15. The number of carbonyl (C=O) groups excluding carboxylic acids is 2. The van der Waals surface area contributed by atoms with Crippen molar-refractivity contribution in [1.82, 2.24) is 25.2 Å². The summed E-state index contributed by atoms with van der Waals surface area (Å²) in [6, 6.07) is 4.73. The minimum atomic E-state index is -0.403. The number of hydrogen-bond acceptors (Lipinski definition) is 4. The van der Waals surface area contributed by atoms with E-state index in [1.165, 1.54) is 0 Å². The fourth-order valence-electron chi connectivity index (χ4n) is 2.99. The third kappa shape index (κ3) is 3.04. The van der Waals surface area contributed by atoms with Crippen LogP contribution in [0.5, 0.6) is 0 Å².